The van der Waals surface area contributed by atoms with Crippen molar-refractivity contribution in [1.29, 1.82) is 0 Å². The van der Waals surface area contributed by atoms with Gasteiger partial charge >= 0.3 is 0 Å². The predicted octanol–water partition coefficient (Wildman–Crippen LogP) is 3.73. The Morgan fingerprint density at radius 1 is 0.812 bits per heavy atom. The van der Waals surface area contributed by atoms with Crippen LogP contribution in [0.25, 0.3) is 0 Å². The predicted molar refractivity (Wildman–Crippen MR) is 119 cm³/mol. The molecule has 1 amide bonds. The molecular formula is C25H27NO6. The van der Waals surface area contributed by atoms with Crippen LogP contribution in [0.1, 0.15) is 42.2 Å². The highest BCUT2D eigenvalue weighted by molar-refractivity contribution is 6.02. The second-order valence-corrected chi connectivity index (χ2v) is 7.96. The van der Waals surface area contributed by atoms with Crippen molar-refractivity contribution in [3.05, 3.63) is 58.8 Å². The largest absolute Gasteiger partial charge is 0.497 e. The molecule has 4 rings (SSSR count). The monoisotopic (exact) mass is 437 g/mol. The quantitative estimate of drug-likeness (QED) is 0.742. The molecule has 0 radical (unpaired) electrons. The van der Waals surface area contributed by atoms with E-state index in [9.17, 15) is 9.59 Å². The van der Waals surface area contributed by atoms with Gasteiger partial charge in [0.15, 0.2) is 17.3 Å². The van der Waals surface area contributed by atoms with Crippen molar-refractivity contribution in [2.24, 2.45) is 0 Å². The molecule has 168 valence electrons. The van der Waals surface area contributed by atoms with Crippen molar-refractivity contribution in [1.82, 2.24) is 5.32 Å². The maximum absolute atomic E-state index is 13.4. The molecule has 0 saturated heterocycles. The van der Waals surface area contributed by atoms with Gasteiger partial charge in [0, 0.05) is 30.0 Å². The lowest BCUT2D eigenvalue weighted by molar-refractivity contribution is -0.122. The average molecular weight is 437 g/mol. The molecule has 7 nitrogen and oxygen atoms in total. The van der Waals surface area contributed by atoms with E-state index in [0.29, 0.717) is 41.4 Å². The lowest BCUT2D eigenvalue weighted by Crippen LogP contribution is -2.38. The standard InChI is InChI=1S/C25H27NO6/c1-29-17-7-5-6-14(8-17)15-9-19-24(20(27)10-15)18(13-23(28)26-19)16-11-21(30-2)25(32-4)22(12-16)31-3/h5-8,11-12,15,18H,9-10,13H2,1-4H3,(H,26,28)/t15-,18+/m1/s1. The van der Waals surface area contributed by atoms with Crippen molar-refractivity contribution in [3.8, 4) is 23.0 Å². The molecule has 0 unspecified atom stereocenters. The summed E-state index contributed by atoms with van der Waals surface area (Å²) in [6.07, 6.45) is 1.15. The second kappa shape index (κ2) is 8.94. The molecule has 0 fully saturated rings. The van der Waals surface area contributed by atoms with Gasteiger partial charge in [0.05, 0.1) is 28.4 Å². The Hall–Kier alpha value is -3.48. The van der Waals surface area contributed by atoms with Gasteiger partial charge in [-0.2, -0.15) is 0 Å². The molecule has 2 aromatic rings. The molecule has 0 saturated carbocycles. The zero-order chi connectivity index (χ0) is 22.8. The number of rotatable bonds is 6. The summed E-state index contributed by atoms with van der Waals surface area (Å²) in [5, 5.41) is 2.96. The number of hydrogen-bond acceptors (Lipinski definition) is 6. The third-order valence-corrected chi connectivity index (χ3v) is 6.19. The lowest BCUT2D eigenvalue weighted by Gasteiger charge is -2.34. The minimum absolute atomic E-state index is 0.0182. The van der Waals surface area contributed by atoms with Gasteiger partial charge < -0.3 is 24.3 Å². The summed E-state index contributed by atoms with van der Waals surface area (Å²) in [5.74, 6) is 1.75. The molecule has 0 bridgehead atoms. The maximum Gasteiger partial charge on any atom is 0.225 e. The first-order chi connectivity index (χ1) is 15.5. The SMILES string of the molecule is COc1cccc([C@H]2CC(=O)C3=C(C2)NC(=O)C[C@H]3c2cc(OC)c(OC)c(OC)c2)c1. The van der Waals surface area contributed by atoms with Crippen LogP contribution >= 0.6 is 0 Å². The van der Waals surface area contributed by atoms with Crippen LogP contribution in [0, 0.1) is 0 Å². The van der Waals surface area contributed by atoms with Gasteiger partial charge in [0.25, 0.3) is 0 Å². The Kier molecular flexibility index (Phi) is 6.08. The number of carbonyl (C=O) groups is 2. The fourth-order valence-corrected chi connectivity index (χ4v) is 4.68. The molecule has 1 aliphatic carbocycles. The van der Waals surface area contributed by atoms with E-state index < -0.39 is 0 Å². The van der Waals surface area contributed by atoms with Crippen LogP contribution in [0.2, 0.25) is 0 Å². The third-order valence-electron chi connectivity index (χ3n) is 6.19. The number of ether oxygens (including phenoxy) is 4. The van der Waals surface area contributed by atoms with Crippen LogP contribution in [-0.4, -0.2) is 40.1 Å². The number of carbonyl (C=O) groups excluding carboxylic acids is 2. The van der Waals surface area contributed by atoms with E-state index in [0.717, 1.165) is 16.9 Å². The normalized spacial score (nSPS) is 20.4. The first-order valence-electron chi connectivity index (χ1n) is 10.5. The van der Waals surface area contributed by atoms with Gasteiger partial charge in [-0.15, -0.1) is 0 Å². The zero-order valence-electron chi connectivity index (χ0n) is 18.7. The van der Waals surface area contributed by atoms with Crippen LogP contribution < -0.4 is 24.3 Å². The minimum atomic E-state index is -0.369. The van der Waals surface area contributed by atoms with E-state index >= 15 is 0 Å². The molecule has 0 aromatic heterocycles. The van der Waals surface area contributed by atoms with Crippen molar-refractivity contribution in [2.75, 3.05) is 28.4 Å². The summed E-state index contributed by atoms with van der Waals surface area (Å²) in [4.78, 5) is 26.0. The number of ketones is 1. The molecule has 7 heteroatoms. The third kappa shape index (κ3) is 3.90. The molecule has 1 aliphatic heterocycles. The lowest BCUT2D eigenvalue weighted by atomic mass is 9.73. The zero-order valence-corrected chi connectivity index (χ0v) is 18.7. The first-order valence-corrected chi connectivity index (χ1v) is 10.5. The molecule has 2 atom stereocenters. The number of hydrogen-bond donors (Lipinski definition) is 1. The Balaban J connectivity index is 1.75. The molecule has 1 heterocycles. The van der Waals surface area contributed by atoms with E-state index in [1.807, 2.05) is 36.4 Å². The number of methoxy groups -OCH3 is 4. The molecule has 2 aromatic carbocycles. The van der Waals surface area contributed by atoms with Crippen molar-refractivity contribution in [3.63, 3.8) is 0 Å². The van der Waals surface area contributed by atoms with E-state index in [1.54, 1.807) is 21.3 Å². The number of nitrogens with one attached hydrogen (secondary N) is 1. The summed E-state index contributed by atoms with van der Waals surface area (Å²) < 4.78 is 21.7. The molecule has 32 heavy (non-hydrogen) atoms. The Morgan fingerprint density at radius 3 is 2.16 bits per heavy atom. The average Bonchev–Trinajstić information content (AvgIpc) is 2.82. The van der Waals surface area contributed by atoms with Gasteiger partial charge in [0.2, 0.25) is 11.7 Å². The van der Waals surface area contributed by atoms with Gasteiger partial charge in [-0.1, -0.05) is 12.1 Å². The van der Waals surface area contributed by atoms with Gasteiger partial charge in [-0.3, -0.25) is 9.59 Å². The fourth-order valence-electron chi connectivity index (χ4n) is 4.68. The van der Waals surface area contributed by atoms with E-state index in [-0.39, 0.29) is 29.9 Å². The van der Waals surface area contributed by atoms with Crippen molar-refractivity contribution >= 4 is 11.7 Å². The van der Waals surface area contributed by atoms with Crippen LogP contribution in [0.4, 0.5) is 0 Å². The Labute approximate surface area is 187 Å². The topological polar surface area (TPSA) is 83.1 Å². The fraction of sp³-hybridized carbons (Fsp3) is 0.360. The van der Waals surface area contributed by atoms with Gasteiger partial charge in [-0.05, 0) is 47.7 Å². The highest BCUT2D eigenvalue weighted by Gasteiger charge is 2.39. The number of allylic oxidation sites excluding steroid dienone is 2. The highest BCUT2D eigenvalue weighted by atomic mass is 16.5. The van der Waals surface area contributed by atoms with Gasteiger partial charge in [0.1, 0.15) is 5.75 Å². The summed E-state index contributed by atoms with van der Waals surface area (Å²) in [6, 6.07) is 11.4. The van der Waals surface area contributed by atoms with E-state index in [2.05, 4.69) is 5.32 Å². The number of amides is 1. The van der Waals surface area contributed by atoms with E-state index in [4.69, 9.17) is 18.9 Å². The second-order valence-electron chi connectivity index (χ2n) is 7.96. The molecule has 1 N–H and O–H groups in total. The Bertz CT molecular complexity index is 1060. The van der Waals surface area contributed by atoms with Crippen molar-refractivity contribution < 1.29 is 28.5 Å². The van der Waals surface area contributed by atoms with Crippen LogP contribution in [0.15, 0.2) is 47.7 Å². The summed E-state index contributed by atoms with van der Waals surface area (Å²) in [7, 11) is 6.25. The van der Waals surface area contributed by atoms with E-state index in [1.165, 1.54) is 7.11 Å². The van der Waals surface area contributed by atoms with Crippen LogP contribution in [0.3, 0.4) is 0 Å². The minimum Gasteiger partial charge on any atom is -0.497 e. The summed E-state index contributed by atoms with van der Waals surface area (Å²) >= 11 is 0. The van der Waals surface area contributed by atoms with Crippen LogP contribution in [0.5, 0.6) is 23.0 Å². The Morgan fingerprint density at radius 2 is 1.53 bits per heavy atom. The number of benzene rings is 2. The van der Waals surface area contributed by atoms with Crippen LogP contribution in [-0.2, 0) is 9.59 Å². The van der Waals surface area contributed by atoms with Gasteiger partial charge in [-0.25, -0.2) is 0 Å². The maximum atomic E-state index is 13.4. The smallest absolute Gasteiger partial charge is 0.225 e. The summed E-state index contributed by atoms with van der Waals surface area (Å²) in [5.41, 5.74) is 3.17. The first kappa shape index (κ1) is 21.7. The molecule has 0 spiro atoms. The summed E-state index contributed by atoms with van der Waals surface area (Å²) in [6.45, 7) is 0. The highest BCUT2D eigenvalue weighted by Crippen LogP contribution is 2.46. The molecular weight excluding hydrogens is 410 g/mol. The van der Waals surface area contributed by atoms with Crippen molar-refractivity contribution in [2.45, 2.75) is 31.1 Å². The number of Topliss-reactive ketones (excluding diaryl/α,β-unsaturated/α-hetero) is 1. The molecule has 2 aliphatic rings.